The maximum Gasteiger partial charge on any atom is 0.303 e. The van der Waals surface area contributed by atoms with Crippen LogP contribution in [0, 0.1) is 0 Å². The third-order valence-corrected chi connectivity index (χ3v) is 1.03. The van der Waals surface area contributed by atoms with Gasteiger partial charge in [-0.1, -0.05) is 0 Å². The summed E-state index contributed by atoms with van der Waals surface area (Å²) in [5, 5.41) is 30.6. The zero-order chi connectivity index (χ0) is 14.3. The van der Waals surface area contributed by atoms with E-state index in [9.17, 15) is 9.59 Å². The van der Waals surface area contributed by atoms with E-state index in [1.54, 1.807) is 0 Å². The Morgan fingerprint density at radius 1 is 0.941 bits per heavy atom. The van der Waals surface area contributed by atoms with Crippen molar-refractivity contribution in [1.29, 1.82) is 0 Å². The molecule has 8 nitrogen and oxygen atoms in total. The smallest absolute Gasteiger partial charge is 0.303 e. The first-order valence-corrected chi connectivity index (χ1v) is 4.48. The molecule has 0 radical (unpaired) electrons. The fourth-order valence-corrected chi connectivity index (χ4v) is 0.552. The molecule has 0 heterocycles. The second-order valence-corrected chi connectivity index (χ2v) is 2.62. The van der Waals surface area contributed by atoms with Crippen molar-refractivity contribution < 1.29 is 39.6 Å². The van der Waals surface area contributed by atoms with Crippen molar-refractivity contribution in [3.63, 3.8) is 0 Å². The number of carboxylic acid groups (broad SMARTS) is 4. The van der Waals surface area contributed by atoms with Crippen molar-refractivity contribution in [3.05, 3.63) is 0 Å². The van der Waals surface area contributed by atoms with E-state index in [-0.39, 0.29) is 19.3 Å². The van der Waals surface area contributed by atoms with Crippen LogP contribution in [-0.2, 0) is 19.2 Å². The Bertz CT molecular complexity index is 215. The SMILES string of the molecule is CC(=O)O.O=C(O)CCCCC(=O)O.O=CO. The summed E-state index contributed by atoms with van der Waals surface area (Å²) >= 11 is 0. The van der Waals surface area contributed by atoms with Crippen LogP contribution >= 0.6 is 0 Å². The molecule has 0 aliphatic heterocycles. The van der Waals surface area contributed by atoms with Crippen molar-refractivity contribution in [2.45, 2.75) is 32.6 Å². The first kappa shape index (κ1) is 20.3. The van der Waals surface area contributed by atoms with Crippen molar-refractivity contribution in [2.24, 2.45) is 0 Å². The lowest BCUT2D eigenvalue weighted by atomic mass is 10.2. The van der Waals surface area contributed by atoms with Gasteiger partial charge in [-0.05, 0) is 12.8 Å². The number of carboxylic acids is 3. The summed E-state index contributed by atoms with van der Waals surface area (Å²) in [6, 6.07) is 0. The van der Waals surface area contributed by atoms with Crippen LogP contribution in [0.3, 0.4) is 0 Å². The summed E-state index contributed by atoms with van der Waals surface area (Å²) in [5.74, 6) is -2.57. The highest BCUT2D eigenvalue weighted by molar-refractivity contribution is 5.67. The molecule has 0 aliphatic rings. The highest BCUT2D eigenvalue weighted by Gasteiger charge is 1.99. The van der Waals surface area contributed by atoms with Gasteiger partial charge in [-0.3, -0.25) is 19.2 Å². The molecule has 0 saturated carbocycles. The lowest BCUT2D eigenvalue weighted by molar-refractivity contribution is -0.139. The molecule has 0 unspecified atom stereocenters. The normalized spacial score (nSPS) is 7.59. The lowest BCUT2D eigenvalue weighted by Gasteiger charge is -1.92. The highest BCUT2D eigenvalue weighted by Crippen LogP contribution is 1.98. The van der Waals surface area contributed by atoms with E-state index < -0.39 is 17.9 Å². The molecule has 0 aromatic carbocycles. The van der Waals surface area contributed by atoms with E-state index in [0.29, 0.717) is 12.8 Å². The minimum absolute atomic E-state index is 0.0628. The number of rotatable bonds is 5. The maximum atomic E-state index is 9.90. The molecule has 0 amide bonds. The van der Waals surface area contributed by atoms with Gasteiger partial charge >= 0.3 is 11.9 Å². The molecule has 0 spiro atoms. The minimum Gasteiger partial charge on any atom is -0.483 e. The van der Waals surface area contributed by atoms with E-state index in [0.717, 1.165) is 6.92 Å². The van der Waals surface area contributed by atoms with Crippen molar-refractivity contribution in [2.75, 3.05) is 0 Å². The molecular weight excluding hydrogens is 236 g/mol. The van der Waals surface area contributed by atoms with Gasteiger partial charge in [-0.15, -0.1) is 0 Å². The van der Waals surface area contributed by atoms with Crippen LogP contribution in [0.4, 0.5) is 0 Å². The monoisotopic (exact) mass is 252 g/mol. The summed E-state index contributed by atoms with van der Waals surface area (Å²) in [4.78, 5) is 37.2. The second-order valence-electron chi connectivity index (χ2n) is 2.62. The Hall–Kier alpha value is -2.12. The molecule has 0 saturated heterocycles. The molecular formula is C9H16O8. The van der Waals surface area contributed by atoms with Gasteiger partial charge in [0, 0.05) is 19.8 Å². The van der Waals surface area contributed by atoms with Crippen LogP contribution in [-0.4, -0.2) is 44.8 Å². The number of hydrogen-bond donors (Lipinski definition) is 4. The molecule has 4 N–H and O–H groups in total. The van der Waals surface area contributed by atoms with Gasteiger partial charge in [0.2, 0.25) is 0 Å². The minimum atomic E-state index is -0.870. The zero-order valence-corrected chi connectivity index (χ0v) is 9.33. The van der Waals surface area contributed by atoms with Crippen molar-refractivity contribution in [1.82, 2.24) is 0 Å². The Morgan fingerprint density at radius 2 is 1.12 bits per heavy atom. The summed E-state index contributed by atoms with van der Waals surface area (Å²) in [7, 11) is 0. The van der Waals surface area contributed by atoms with Gasteiger partial charge in [0.05, 0.1) is 0 Å². The van der Waals surface area contributed by atoms with Crippen molar-refractivity contribution >= 4 is 24.4 Å². The van der Waals surface area contributed by atoms with Crippen molar-refractivity contribution in [3.8, 4) is 0 Å². The Kier molecular flexibility index (Phi) is 19.5. The second kappa shape index (κ2) is 16.3. The van der Waals surface area contributed by atoms with Crippen LogP contribution in [0.15, 0.2) is 0 Å². The maximum absolute atomic E-state index is 9.90. The van der Waals surface area contributed by atoms with Gasteiger partial charge in [0.15, 0.2) is 0 Å². The van der Waals surface area contributed by atoms with Gasteiger partial charge in [-0.2, -0.15) is 0 Å². The molecule has 0 rings (SSSR count). The molecule has 0 aromatic heterocycles. The van der Waals surface area contributed by atoms with E-state index in [1.165, 1.54) is 0 Å². The third-order valence-electron chi connectivity index (χ3n) is 1.03. The molecule has 8 heteroatoms. The summed E-state index contributed by atoms with van der Waals surface area (Å²) in [5.41, 5.74) is 0. The first-order valence-electron chi connectivity index (χ1n) is 4.48. The molecule has 0 atom stereocenters. The first-order chi connectivity index (χ1) is 7.77. The number of unbranched alkanes of at least 4 members (excludes halogenated alkanes) is 1. The standard InChI is InChI=1S/C6H10O4.C2H4O2.CH2O2/c7-5(8)3-1-2-4-6(9)10;1-2(3)4;2-1-3/h1-4H2,(H,7,8)(H,9,10);1H3,(H,3,4);1H,(H,2,3). The largest absolute Gasteiger partial charge is 0.483 e. The molecule has 100 valence electrons. The van der Waals surface area contributed by atoms with Gasteiger partial charge in [0.25, 0.3) is 12.4 Å². The summed E-state index contributed by atoms with van der Waals surface area (Å²) in [6.45, 7) is 0.833. The van der Waals surface area contributed by atoms with E-state index in [2.05, 4.69) is 0 Å². The highest BCUT2D eigenvalue weighted by atomic mass is 16.4. The van der Waals surface area contributed by atoms with Crippen LogP contribution in [0.25, 0.3) is 0 Å². The molecule has 0 fully saturated rings. The molecule has 0 aromatic rings. The third kappa shape index (κ3) is 82.3. The molecule has 0 aliphatic carbocycles. The number of carbonyl (C=O) groups is 4. The Balaban J connectivity index is -0.000000232. The fourth-order valence-electron chi connectivity index (χ4n) is 0.552. The van der Waals surface area contributed by atoms with Gasteiger partial charge < -0.3 is 20.4 Å². The van der Waals surface area contributed by atoms with E-state index in [4.69, 9.17) is 30.0 Å². The van der Waals surface area contributed by atoms with Gasteiger partial charge in [0.1, 0.15) is 0 Å². The topological polar surface area (TPSA) is 149 Å². The zero-order valence-electron chi connectivity index (χ0n) is 9.33. The van der Waals surface area contributed by atoms with Crippen LogP contribution in [0.5, 0.6) is 0 Å². The van der Waals surface area contributed by atoms with Gasteiger partial charge in [-0.25, -0.2) is 0 Å². The Labute approximate surface area is 97.5 Å². The lowest BCUT2D eigenvalue weighted by Crippen LogP contribution is -1.97. The average molecular weight is 252 g/mol. The summed E-state index contributed by atoms with van der Waals surface area (Å²) in [6.07, 6.45) is 1.02. The van der Waals surface area contributed by atoms with E-state index in [1.807, 2.05) is 0 Å². The van der Waals surface area contributed by atoms with Crippen LogP contribution in [0.1, 0.15) is 32.6 Å². The van der Waals surface area contributed by atoms with E-state index >= 15 is 0 Å². The predicted molar refractivity (Wildman–Crippen MR) is 55.7 cm³/mol. The predicted octanol–water partition coefficient (Wildman–Crippen LogP) is 0.508. The van der Waals surface area contributed by atoms with Crippen LogP contribution in [0.2, 0.25) is 0 Å². The number of aliphatic carboxylic acids is 3. The molecule has 0 bridgehead atoms. The molecule has 17 heavy (non-hydrogen) atoms. The summed E-state index contributed by atoms with van der Waals surface area (Å²) < 4.78 is 0. The quantitative estimate of drug-likeness (QED) is 0.408. The van der Waals surface area contributed by atoms with Crippen LogP contribution < -0.4 is 0 Å². The average Bonchev–Trinajstić information content (AvgIpc) is 2.12. The fraction of sp³-hybridized carbons (Fsp3) is 0.556. The number of hydrogen-bond acceptors (Lipinski definition) is 4. The Morgan fingerprint density at radius 3 is 1.24 bits per heavy atom.